The molecule has 5 rings (SSSR count). The molecule has 10 nitrogen and oxygen atoms in total. The summed E-state index contributed by atoms with van der Waals surface area (Å²) < 4.78 is 4.93. The highest BCUT2D eigenvalue weighted by Crippen LogP contribution is 2.28. The molecule has 1 saturated heterocycles. The Hall–Kier alpha value is -4.08. The third-order valence-corrected chi connectivity index (χ3v) is 7.07. The fourth-order valence-electron chi connectivity index (χ4n) is 5.12. The van der Waals surface area contributed by atoms with Crippen LogP contribution in [0.1, 0.15) is 29.5 Å². The van der Waals surface area contributed by atoms with Crippen molar-refractivity contribution in [3.05, 3.63) is 59.2 Å². The Labute approximate surface area is 209 Å². The van der Waals surface area contributed by atoms with Crippen LogP contribution in [0, 0.1) is 0 Å². The van der Waals surface area contributed by atoms with Crippen molar-refractivity contribution in [2.75, 3.05) is 30.8 Å². The molecule has 0 radical (unpaired) electrons. The van der Waals surface area contributed by atoms with Gasteiger partial charge in [0.1, 0.15) is 6.04 Å². The number of rotatable bonds is 5. The maximum Gasteiger partial charge on any atom is 0.328 e. The summed E-state index contributed by atoms with van der Waals surface area (Å²) in [5.41, 5.74) is 4.40. The lowest BCUT2D eigenvalue weighted by atomic mass is 10.0. The summed E-state index contributed by atoms with van der Waals surface area (Å²) in [5, 5.41) is 8.55. The molecule has 0 aliphatic carbocycles. The number of anilines is 2. The second-order valence-corrected chi connectivity index (χ2v) is 9.38. The first kappa shape index (κ1) is 23.7. The SMILES string of the molecule is COC(=O)[C@@H](Cc1ccc2c(c1)CC(=O)N2)NC(=O)N1CCC(N2Cc3ccccc3NC2=O)CC1. The maximum absolute atomic E-state index is 13.0. The van der Waals surface area contributed by atoms with Crippen molar-refractivity contribution in [1.29, 1.82) is 0 Å². The summed E-state index contributed by atoms with van der Waals surface area (Å²) >= 11 is 0. The van der Waals surface area contributed by atoms with Crippen LogP contribution in [-0.2, 0) is 33.7 Å². The van der Waals surface area contributed by atoms with Gasteiger partial charge >= 0.3 is 18.0 Å². The topological polar surface area (TPSA) is 120 Å². The normalized spacial score (nSPS) is 18.0. The van der Waals surface area contributed by atoms with Crippen LogP contribution in [0.5, 0.6) is 0 Å². The number of nitrogens with one attached hydrogen (secondary N) is 3. The van der Waals surface area contributed by atoms with E-state index in [-0.39, 0.29) is 30.4 Å². The highest BCUT2D eigenvalue weighted by atomic mass is 16.5. The second-order valence-electron chi connectivity index (χ2n) is 9.38. The molecule has 0 unspecified atom stereocenters. The predicted octanol–water partition coefficient (Wildman–Crippen LogP) is 2.49. The van der Waals surface area contributed by atoms with Gasteiger partial charge < -0.3 is 30.5 Å². The third-order valence-electron chi connectivity index (χ3n) is 7.07. The van der Waals surface area contributed by atoms with Crippen LogP contribution in [-0.4, -0.2) is 66.0 Å². The molecule has 3 N–H and O–H groups in total. The van der Waals surface area contributed by atoms with Gasteiger partial charge in [0.05, 0.1) is 13.5 Å². The first-order valence-corrected chi connectivity index (χ1v) is 12.1. The van der Waals surface area contributed by atoms with E-state index in [2.05, 4.69) is 16.0 Å². The quantitative estimate of drug-likeness (QED) is 0.555. The molecule has 5 amide bonds. The summed E-state index contributed by atoms with van der Waals surface area (Å²) in [6.07, 6.45) is 1.85. The van der Waals surface area contributed by atoms with E-state index >= 15 is 0 Å². The van der Waals surface area contributed by atoms with Gasteiger partial charge in [-0.2, -0.15) is 0 Å². The van der Waals surface area contributed by atoms with Crippen molar-refractivity contribution in [3.63, 3.8) is 0 Å². The van der Waals surface area contributed by atoms with Crippen molar-refractivity contribution in [2.24, 2.45) is 0 Å². The van der Waals surface area contributed by atoms with Gasteiger partial charge in [0.2, 0.25) is 5.91 Å². The number of hydrogen-bond acceptors (Lipinski definition) is 5. The van der Waals surface area contributed by atoms with Crippen molar-refractivity contribution in [1.82, 2.24) is 15.1 Å². The number of benzene rings is 2. The molecule has 2 aromatic rings. The van der Waals surface area contributed by atoms with E-state index in [0.29, 0.717) is 38.9 Å². The number of carbonyl (C=O) groups excluding carboxylic acids is 4. The highest BCUT2D eigenvalue weighted by Gasteiger charge is 2.33. The number of methoxy groups -OCH3 is 1. The Morgan fingerprint density at radius 1 is 1.06 bits per heavy atom. The molecule has 3 aliphatic rings. The number of nitrogens with zero attached hydrogens (tertiary/aromatic N) is 2. The molecular weight excluding hydrogens is 462 g/mol. The van der Waals surface area contributed by atoms with E-state index in [0.717, 1.165) is 28.1 Å². The van der Waals surface area contributed by atoms with Gasteiger partial charge in [0.15, 0.2) is 0 Å². The number of carbonyl (C=O) groups is 4. The summed E-state index contributed by atoms with van der Waals surface area (Å²) in [4.78, 5) is 53.2. The van der Waals surface area contributed by atoms with Crippen LogP contribution in [0.15, 0.2) is 42.5 Å². The minimum atomic E-state index is -0.854. The number of ether oxygens (including phenoxy) is 1. The fraction of sp³-hybridized carbons (Fsp3) is 0.385. The highest BCUT2D eigenvalue weighted by molar-refractivity contribution is 5.99. The Kier molecular flexibility index (Phi) is 6.49. The molecular formula is C26H29N5O5. The maximum atomic E-state index is 13.0. The third kappa shape index (κ3) is 4.84. The van der Waals surface area contributed by atoms with Gasteiger partial charge in [-0.25, -0.2) is 14.4 Å². The fourth-order valence-corrected chi connectivity index (χ4v) is 5.12. The Balaban J connectivity index is 1.18. The molecule has 0 bridgehead atoms. The van der Waals surface area contributed by atoms with Crippen molar-refractivity contribution in [2.45, 2.75) is 44.3 Å². The van der Waals surface area contributed by atoms with Gasteiger partial charge in [-0.15, -0.1) is 0 Å². The largest absolute Gasteiger partial charge is 0.467 e. The van der Waals surface area contributed by atoms with E-state index in [1.807, 2.05) is 47.4 Å². The first-order chi connectivity index (χ1) is 17.4. The minimum Gasteiger partial charge on any atom is -0.467 e. The van der Waals surface area contributed by atoms with Crippen molar-refractivity contribution < 1.29 is 23.9 Å². The van der Waals surface area contributed by atoms with E-state index in [1.54, 1.807) is 4.90 Å². The Morgan fingerprint density at radius 2 is 1.81 bits per heavy atom. The number of urea groups is 2. The zero-order chi connectivity index (χ0) is 25.2. The summed E-state index contributed by atoms with van der Waals surface area (Å²) in [5.74, 6) is -0.591. The number of fused-ring (bicyclic) bond motifs is 2. The molecule has 2 aromatic carbocycles. The second kappa shape index (κ2) is 9.88. The summed E-state index contributed by atoms with van der Waals surface area (Å²) in [7, 11) is 1.29. The standard InChI is InChI=1S/C26H29N5O5/c1-36-24(33)22(13-16-6-7-21-18(12-16)14-23(32)27-21)29-25(34)30-10-8-19(9-11-30)31-15-17-4-2-3-5-20(17)28-26(31)35/h2-7,12,19,22H,8-11,13-15H2,1H3,(H,27,32)(H,28,35)(H,29,34)/t22-/m1/s1. The molecule has 3 aliphatic heterocycles. The van der Waals surface area contributed by atoms with Crippen LogP contribution in [0.2, 0.25) is 0 Å². The van der Waals surface area contributed by atoms with Gasteiger partial charge in [0, 0.05) is 43.5 Å². The smallest absolute Gasteiger partial charge is 0.328 e. The molecule has 0 aromatic heterocycles. The van der Waals surface area contributed by atoms with Crippen LogP contribution in [0.4, 0.5) is 21.0 Å². The van der Waals surface area contributed by atoms with E-state index < -0.39 is 12.0 Å². The zero-order valence-corrected chi connectivity index (χ0v) is 20.1. The molecule has 188 valence electrons. The number of hydrogen-bond donors (Lipinski definition) is 3. The average Bonchev–Trinajstić information content (AvgIpc) is 3.26. The molecule has 0 spiro atoms. The lowest BCUT2D eigenvalue weighted by Gasteiger charge is -2.40. The monoisotopic (exact) mass is 491 g/mol. The number of para-hydroxylation sites is 1. The van der Waals surface area contributed by atoms with Crippen LogP contribution < -0.4 is 16.0 Å². The van der Waals surface area contributed by atoms with E-state index in [9.17, 15) is 19.2 Å². The number of amides is 5. The Bertz CT molecular complexity index is 1210. The van der Waals surface area contributed by atoms with Crippen LogP contribution in [0.3, 0.4) is 0 Å². The van der Waals surface area contributed by atoms with E-state index in [1.165, 1.54) is 7.11 Å². The van der Waals surface area contributed by atoms with Crippen LogP contribution in [0.25, 0.3) is 0 Å². The van der Waals surface area contributed by atoms with Crippen molar-refractivity contribution in [3.8, 4) is 0 Å². The van der Waals surface area contributed by atoms with Gasteiger partial charge in [-0.05, 0) is 41.7 Å². The molecule has 0 saturated carbocycles. The lowest BCUT2D eigenvalue weighted by Crippen LogP contribution is -2.54. The predicted molar refractivity (Wildman–Crippen MR) is 132 cm³/mol. The minimum absolute atomic E-state index is 0.0292. The van der Waals surface area contributed by atoms with E-state index in [4.69, 9.17) is 4.74 Å². The number of likely N-dealkylation sites (tertiary alicyclic amines) is 1. The molecule has 36 heavy (non-hydrogen) atoms. The van der Waals surface area contributed by atoms with Crippen molar-refractivity contribution >= 4 is 35.3 Å². The lowest BCUT2D eigenvalue weighted by molar-refractivity contribution is -0.142. The summed E-state index contributed by atoms with van der Waals surface area (Å²) in [6, 6.07) is 12.0. The number of esters is 1. The first-order valence-electron chi connectivity index (χ1n) is 12.1. The number of piperidine rings is 1. The molecule has 10 heteroatoms. The summed E-state index contributed by atoms with van der Waals surface area (Å²) in [6.45, 7) is 1.50. The molecule has 1 atom stereocenters. The van der Waals surface area contributed by atoms with Gasteiger partial charge in [-0.3, -0.25) is 4.79 Å². The van der Waals surface area contributed by atoms with Gasteiger partial charge in [-0.1, -0.05) is 30.3 Å². The molecule has 1 fully saturated rings. The zero-order valence-electron chi connectivity index (χ0n) is 20.1. The average molecular weight is 492 g/mol. The van der Waals surface area contributed by atoms with Gasteiger partial charge in [0.25, 0.3) is 0 Å². The van der Waals surface area contributed by atoms with Crippen LogP contribution >= 0.6 is 0 Å². The molecule has 3 heterocycles. The Morgan fingerprint density at radius 3 is 2.58 bits per heavy atom.